The van der Waals surface area contributed by atoms with E-state index >= 15 is 0 Å². The van der Waals surface area contributed by atoms with Crippen molar-refractivity contribution in [1.82, 2.24) is 0 Å². The predicted octanol–water partition coefficient (Wildman–Crippen LogP) is 1.63. The Morgan fingerprint density at radius 2 is 1.94 bits per heavy atom. The second kappa shape index (κ2) is 5.58. The van der Waals surface area contributed by atoms with E-state index in [9.17, 15) is 18.4 Å². The van der Waals surface area contributed by atoms with Crippen molar-refractivity contribution < 1.29 is 18.4 Å². The molecule has 4 nitrogen and oxygen atoms in total. The fourth-order valence-electron chi connectivity index (χ4n) is 1.13. The van der Waals surface area contributed by atoms with E-state index in [-0.39, 0.29) is 18.0 Å². The summed E-state index contributed by atoms with van der Waals surface area (Å²) in [5.41, 5.74) is 4.08. The summed E-state index contributed by atoms with van der Waals surface area (Å²) in [6.07, 6.45) is -0.0235. The Labute approximate surface area is 101 Å². The summed E-state index contributed by atoms with van der Waals surface area (Å²) >= 11 is 5.32. The van der Waals surface area contributed by atoms with Gasteiger partial charge in [0.2, 0.25) is 5.91 Å². The highest BCUT2D eigenvalue weighted by Gasteiger charge is 2.15. The molecular formula is C10H9ClF2N2O2. The first-order chi connectivity index (χ1) is 7.95. The standard InChI is InChI=1S/C10H9ClF2N2O2/c11-2-1-9(16)15-8-3-5(10(14)17)6(12)4-7(8)13/h3-4H,1-2H2,(H2,14,17)(H,15,16). The number of nitrogens with two attached hydrogens (primary N) is 1. The zero-order chi connectivity index (χ0) is 13.0. The van der Waals surface area contributed by atoms with Crippen LogP contribution in [-0.2, 0) is 4.79 Å². The SMILES string of the molecule is NC(=O)c1cc(NC(=O)CCCl)c(F)cc1F. The first kappa shape index (κ1) is 13.4. The van der Waals surface area contributed by atoms with Gasteiger partial charge in [-0.05, 0) is 6.07 Å². The maximum absolute atomic E-state index is 13.3. The number of anilines is 1. The molecule has 1 aromatic rings. The Hall–Kier alpha value is -1.69. The van der Waals surface area contributed by atoms with Crippen molar-refractivity contribution in [2.24, 2.45) is 5.73 Å². The minimum Gasteiger partial charge on any atom is -0.366 e. The van der Waals surface area contributed by atoms with Gasteiger partial charge in [-0.3, -0.25) is 9.59 Å². The summed E-state index contributed by atoms with van der Waals surface area (Å²) in [7, 11) is 0. The molecule has 0 aliphatic rings. The lowest BCUT2D eigenvalue weighted by atomic mass is 10.1. The van der Waals surface area contributed by atoms with Gasteiger partial charge in [0.05, 0.1) is 11.3 Å². The summed E-state index contributed by atoms with van der Waals surface area (Å²) in [4.78, 5) is 22.0. The summed E-state index contributed by atoms with van der Waals surface area (Å²) in [5.74, 6) is -3.59. The van der Waals surface area contributed by atoms with E-state index in [0.717, 1.165) is 6.07 Å². The second-order valence-electron chi connectivity index (χ2n) is 3.16. The molecule has 0 aliphatic heterocycles. The van der Waals surface area contributed by atoms with Crippen LogP contribution in [0.5, 0.6) is 0 Å². The summed E-state index contributed by atoms with van der Waals surface area (Å²) in [6.45, 7) is 0. The monoisotopic (exact) mass is 262 g/mol. The number of primary amides is 1. The number of hydrogen-bond donors (Lipinski definition) is 2. The third-order valence-corrected chi connectivity index (χ3v) is 2.11. The van der Waals surface area contributed by atoms with E-state index in [1.165, 1.54) is 0 Å². The van der Waals surface area contributed by atoms with Gasteiger partial charge in [0.15, 0.2) is 0 Å². The molecular weight excluding hydrogens is 254 g/mol. The van der Waals surface area contributed by atoms with E-state index in [4.69, 9.17) is 17.3 Å². The van der Waals surface area contributed by atoms with Gasteiger partial charge < -0.3 is 11.1 Å². The maximum Gasteiger partial charge on any atom is 0.251 e. The van der Waals surface area contributed by atoms with Crippen LogP contribution in [0.4, 0.5) is 14.5 Å². The lowest BCUT2D eigenvalue weighted by molar-refractivity contribution is -0.115. The number of amides is 2. The highest BCUT2D eigenvalue weighted by atomic mass is 35.5. The number of rotatable bonds is 4. The summed E-state index contributed by atoms with van der Waals surface area (Å²) in [6, 6.07) is 1.33. The highest BCUT2D eigenvalue weighted by Crippen LogP contribution is 2.19. The topological polar surface area (TPSA) is 72.2 Å². The van der Waals surface area contributed by atoms with Gasteiger partial charge in [0.1, 0.15) is 11.6 Å². The van der Waals surface area contributed by atoms with Gasteiger partial charge >= 0.3 is 0 Å². The van der Waals surface area contributed by atoms with Crippen LogP contribution < -0.4 is 11.1 Å². The van der Waals surface area contributed by atoms with Crippen molar-refractivity contribution in [1.29, 1.82) is 0 Å². The molecule has 0 bridgehead atoms. The molecule has 17 heavy (non-hydrogen) atoms. The molecule has 0 aliphatic carbocycles. The molecule has 0 spiro atoms. The second-order valence-corrected chi connectivity index (χ2v) is 3.54. The number of benzene rings is 1. The Bertz CT molecular complexity index is 466. The van der Waals surface area contributed by atoms with Gasteiger partial charge in [-0.15, -0.1) is 11.6 Å². The lowest BCUT2D eigenvalue weighted by Crippen LogP contribution is -2.17. The number of halogens is 3. The van der Waals surface area contributed by atoms with Gasteiger partial charge in [-0.25, -0.2) is 8.78 Å². The van der Waals surface area contributed by atoms with Gasteiger partial charge in [-0.2, -0.15) is 0 Å². The zero-order valence-corrected chi connectivity index (χ0v) is 9.35. The maximum atomic E-state index is 13.3. The van der Waals surface area contributed by atoms with Crippen molar-refractivity contribution in [3.05, 3.63) is 29.3 Å². The fourth-order valence-corrected chi connectivity index (χ4v) is 1.30. The van der Waals surface area contributed by atoms with Gasteiger partial charge in [0, 0.05) is 18.4 Å². The average molecular weight is 263 g/mol. The third kappa shape index (κ3) is 3.39. The van der Waals surface area contributed by atoms with E-state index in [1.807, 2.05) is 0 Å². The van der Waals surface area contributed by atoms with Crippen LogP contribution in [0.3, 0.4) is 0 Å². The molecule has 0 saturated carbocycles. The summed E-state index contributed by atoms with van der Waals surface area (Å²) < 4.78 is 26.3. The largest absolute Gasteiger partial charge is 0.366 e. The Morgan fingerprint density at radius 3 is 2.47 bits per heavy atom. The van der Waals surface area contributed by atoms with E-state index in [2.05, 4.69) is 5.32 Å². The molecule has 0 saturated heterocycles. The number of carbonyl (C=O) groups is 2. The molecule has 0 fully saturated rings. The van der Waals surface area contributed by atoms with Crippen molar-refractivity contribution in [2.75, 3.05) is 11.2 Å². The van der Waals surface area contributed by atoms with Crippen molar-refractivity contribution in [3.63, 3.8) is 0 Å². The Morgan fingerprint density at radius 1 is 1.29 bits per heavy atom. The molecule has 3 N–H and O–H groups in total. The van der Waals surface area contributed by atoms with Crippen LogP contribution in [0.1, 0.15) is 16.8 Å². The molecule has 1 aromatic carbocycles. The number of hydrogen-bond acceptors (Lipinski definition) is 2. The number of alkyl halides is 1. The third-order valence-electron chi connectivity index (χ3n) is 1.92. The average Bonchev–Trinajstić information content (AvgIpc) is 2.21. The molecule has 92 valence electrons. The van der Waals surface area contributed by atoms with Crippen LogP contribution in [0.15, 0.2) is 12.1 Å². The summed E-state index contributed by atoms with van der Waals surface area (Å²) in [5, 5.41) is 2.16. The first-order valence-corrected chi connectivity index (χ1v) is 5.13. The number of carbonyl (C=O) groups excluding carboxylic acids is 2. The van der Waals surface area contributed by atoms with E-state index < -0.39 is 29.0 Å². The van der Waals surface area contributed by atoms with Crippen molar-refractivity contribution in [3.8, 4) is 0 Å². The molecule has 0 atom stereocenters. The lowest BCUT2D eigenvalue weighted by Gasteiger charge is -2.07. The minimum atomic E-state index is -1.08. The molecule has 7 heteroatoms. The van der Waals surface area contributed by atoms with Crippen LogP contribution in [-0.4, -0.2) is 17.7 Å². The fraction of sp³-hybridized carbons (Fsp3) is 0.200. The Balaban J connectivity index is 3.03. The van der Waals surface area contributed by atoms with E-state index in [1.54, 1.807) is 0 Å². The van der Waals surface area contributed by atoms with Crippen LogP contribution in [0.25, 0.3) is 0 Å². The Kier molecular flexibility index (Phi) is 4.39. The normalized spacial score (nSPS) is 10.1. The van der Waals surface area contributed by atoms with E-state index in [0.29, 0.717) is 6.07 Å². The molecule has 2 amide bonds. The van der Waals surface area contributed by atoms with Crippen LogP contribution in [0, 0.1) is 11.6 Å². The zero-order valence-electron chi connectivity index (χ0n) is 8.60. The minimum absolute atomic E-state index is 0.0235. The quantitative estimate of drug-likeness (QED) is 0.810. The first-order valence-electron chi connectivity index (χ1n) is 4.60. The van der Waals surface area contributed by atoms with Crippen molar-refractivity contribution in [2.45, 2.75) is 6.42 Å². The van der Waals surface area contributed by atoms with Crippen LogP contribution >= 0.6 is 11.6 Å². The van der Waals surface area contributed by atoms with Crippen LogP contribution in [0.2, 0.25) is 0 Å². The highest BCUT2D eigenvalue weighted by molar-refractivity contribution is 6.19. The number of nitrogens with one attached hydrogen (secondary N) is 1. The molecule has 1 rings (SSSR count). The predicted molar refractivity (Wildman–Crippen MR) is 58.8 cm³/mol. The molecule has 0 unspecified atom stereocenters. The molecule has 0 radical (unpaired) electrons. The van der Waals surface area contributed by atoms with Crippen molar-refractivity contribution >= 4 is 29.1 Å². The molecule has 0 aromatic heterocycles. The smallest absolute Gasteiger partial charge is 0.251 e. The van der Waals surface area contributed by atoms with Gasteiger partial charge in [-0.1, -0.05) is 0 Å². The molecule has 0 heterocycles. The van der Waals surface area contributed by atoms with Gasteiger partial charge in [0.25, 0.3) is 5.91 Å².